The number of hydrogen-bond donors (Lipinski definition) is 2. The zero-order valence-electron chi connectivity index (χ0n) is 16.0. The van der Waals surface area contributed by atoms with E-state index in [-0.39, 0.29) is 18.7 Å². The van der Waals surface area contributed by atoms with Crippen molar-refractivity contribution < 1.29 is 24.2 Å². The van der Waals surface area contributed by atoms with E-state index in [9.17, 15) is 19.5 Å². The summed E-state index contributed by atoms with van der Waals surface area (Å²) in [6, 6.07) is 12.6. The highest BCUT2D eigenvalue weighted by atomic mass is 16.5. The van der Waals surface area contributed by atoms with Crippen LogP contribution in [0.1, 0.15) is 18.4 Å². The Balaban J connectivity index is 1.54. The van der Waals surface area contributed by atoms with E-state index < -0.39 is 17.9 Å². The molecule has 1 unspecified atom stereocenters. The molecule has 152 valence electrons. The van der Waals surface area contributed by atoms with Crippen LogP contribution in [-0.4, -0.2) is 60.1 Å². The number of amides is 2. The molecule has 0 radical (unpaired) electrons. The highest BCUT2D eigenvalue weighted by molar-refractivity contribution is 5.95. The van der Waals surface area contributed by atoms with Crippen LogP contribution in [0, 0.1) is 0 Å². The molecule has 2 N–H and O–H groups in total. The van der Waals surface area contributed by atoms with Gasteiger partial charge in [-0.1, -0.05) is 36.4 Å². The lowest BCUT2D eigenvalue weighted by atomic mass is 10.1. The van der Waals surface area contributed by atoms with Crippen molar-refractivity contribution in [3.05, 3.63) is 54.1 Å². The third kappa shape index (κ3) is 5.89. The number of hydrogen-bond acceptors (Lipinski definition) is 4. The molecule has 1 fully saturated rings. The normalized spacial score (nSPS) is 15.4. The zero-order valence-corrected chi connectivity index (χ0v) is 16.0. The molecule has 29 heavy (non-hydrogen) atoms. The first-order valence-corrected chi connectivity index (χ1v) is 9.58. The summed E-state index contributed by atoms with van der Waals surface area (Å²) in [5.74, 6) is -1.79. The maximum atomic E-state index is 12.2. The first kappa shape index (κ1) is 20.5. The number of nitrogens with zero attached hydrogens (tertiary/aromatic N) is 1. The van der Waals surface area contributed by atoms with E-state index in [1.54, 1.807) is 11.0 Å². The number of carboxylic acid groups (broad SMARTS) is 1. The van der Waals surface area contributed by atoms with Gasteiger partial charge in [0, 0.05) is 25.6 Å². The van der Waals surface area contributed by atoms with E-state index in [0.29, 0.717) is 26.3 Å². The number of ether oxygens (including phenoxy) is 1. The molecule has 7 heteroatoms. The Morgan fingerprint density at radius 2 is 1.83 bits per heavy atom. The second kappa shape index (κ2) is 9.84. The highest BCUT2D eigenvalue weighted by Gasteiger charge is 2.23. The fourth-order valence-electron chi connectivity index (χ4n) is 3.20. The molecular weight excluding hydrogens is 372 g/mol. The molecule has 1 aliphatic heterocycles. The average molecular weight is 396 g/mol. The summed E-state index contributed by atoms with van der Waals surface area (Å²) in [4.78, 5) is 37.5. The first-order valence-electron chi connectivity index (χ1n) is 9.58. The number of carbonyl (C=O) groups is 3. The smallest absolute Gasteiger partial charge is 0.326 e. The van der Waals surface area contributed by atoms with Crippen LogP contribution in [-0.2, 0) is 19.1 Å². The molecule has 1 saturated heterocycles. The predicted molar refractivity (Wildman–Crippen MR) is 109 cm³/mol. The van der Waals surface area contributed by atoms with Crippen LogP contribution in [0.15, 0.2) is 48.5 Å². The van der Waals surface area contributed by atoms with Gasteiger partial charge in [0.1, 0.15) is 6.04 Å². The highest BCUT2D eigenvalue weighted by Crippen LogP contribution is 2.16. The van der Waals surface area contributed by atoms with Crippen LogP contribution < -0.4 is 5.32 Å². The van der Waals surface area contributed by atoms with Crippen LogP contribution in [0.5, 0.6) is 0 Å². The van der Waals surface area contributed by atoms with Gasteiger partial charge in [-0.25, -0.2) is 4.79 Å². The minimum absolute atomic E-state index is 0.0427. The summed E-state index contributed by atoms with van der Waals surface area (Å²) in [6.07, 6.45) is 3.05. The lowest BCUT2D eigenvalue weighted by Gasteiger charge is -2.27. The fourth-order valence-corrected chi connectivity index (χ4v) is 3.20. The Hall–Kier alpha value is -3.19. The SMILES string of the molecule is O=C(C=Cc1ccc2ccccc2c1)NC(CCC(=O)N1CCOCC1)C(=O)O. The lowest BCUT2D eigenvalue weighted by molar-refractivity contribution is -0.142. The molecule has 3 rings (SSSR count). The molecule has 1 heterocycles. The van der Waals surface area contributed by atoms with Crippen molar-refractivity contribution >= 4 is 34.6 Å². The molecule has 2 amide bonds. The van der Waals surface area contributed by atoms with Gasteiger partial charge >= 0.3 is 5.97 Å². The molecule has 0 bridgehead atoms. The number of fused-ring (bicyclic) bond motifs is 1. The Kier molecular flexibility index (Phi) is 6.97. The van der Waals surface area contributed by atoms with Gasteiger partial charge in [-0.15, -0.1) is 0 Å². The summed E-state index contributed by atoms with van der Waals surface area (Å²) >= 11 is 0. The second-order valence-electron chi connectivity index (χ2n) is 6.87. The van der Waals surface area contributed by atoms with Crippen molar-refractivity contribution in [1.29, 1.82) is 0 Å². The topological polar surface area (TPSA) is 95.9 Å². The summed E-state index contributed by atoms with van der Waals surface area (Å²) in [5.41, 5.74) is 0.841. The van der Waals surface area contributed by atoms with E-state index >= 15 is 0 Å². The fraction of sp³-hybridized carbons (Fsp3) is 0.318. The summed E-state index contributed by atoms with van der Waals surface area (Å²) in [5, 5.41) is 14.0. The minimum atomic E-state index is -1.16. The number of morpholine rings is 1. The molecule has 2 aromatic carbocycles. The molecule has 2 aromatic rings. The third-order valence-electron chi connectivity index (χ3n) is 4.83. The van der Waals surface area contributed by atoms with E-state index in [1.165, 1.54) is 6.08 Å². The van der Waals surface area contributed by atoms with E-state index in [2.05, 4.69) is 5.32 Å². The maximum Gasteiger partial charge on any atom is 0.326 e. The Bertz CT molecular complexity index is 918. The van der Waals surface area contributed by atoms with Gasteiger partial charge in [0.05, 0.1) is 13.2 Å². The number of benzene rings is 2. The molecule has 0 aromatic heterocycles. The molecule has 0 spiro atoms. The van der Waals surface area contributed by atoms with Crippen molar-refractivity contribution in [2.45, 2.75) is 18.9 Å². The van der Waals surface area contributed by atoms with Crippen LogP contribution >= 0.6 is 0 Å². The summed E-state index contributed by atoms with van der Waals surface area (Å²) < 4.78 is 5.20. The number of carbonyl (C=O) groups excluding carboxylic acids is 2. The molecule has 7 nitrogen and oxygen atoms in total. The van der Waals surface area contributed by atoms with Crippen LogP contribution in [0.2, 0.25) is 0 Å². The Morgan fingerprint density at radius 3 is 2.55 bits per heavy atom. The number of rotatable bonds is 7. The van der Waals surface area contributed by atoms with Crippen molar-refractivity contribution in [2.24, 2.45) is 0 Å². The quantitative estimate of drug-likeness (QED) is 0.699. The van der Waals surface area contributed by atoms with E-state index in [1.807, 2.05) is 42.5 Å². The number of aliphatic carboxylic acids is 1. The van der Waals surface area contributed by atoms with E-state index in [4.69, 9.17) is 4.74 Å². The third-order valence-corrected chi connectivity index (χ3v) is 4.83. The van der Waals surface area contributed by atoms with Crippen LogP contribution in [0.25, 0.3) is 16.8 Å². The Labute approximate surface area is 168 Å². The van der Waals surface area contributed by atoms with Crippen molar-refractivity contribution in [1.82, 2.24) is 10.2 Å². The van der Waals surface area contributed by atoms with Gasteiger partial charge in [0.15, 0.2) is 0 Å². The molecule has 0 saturated carbocycles. The summed E-state index contributed by atoms with van der Waals surface area (Å²) in [7, 11) is 0. The molecule has 1 atom stereocenters. The van der Waals surface area contributed by atoms with E-state index in [0.717, 1.165) is 16.3 Å². The van der Waals surface area contributed by atoms with Gasteiger partial charge in [0.2, 0.25) is 11.8 Å². The Morgan fingerprint density at radius 1 is 1.10 bits per heavy atom. The van der Waals surface area contributed by atoms with Crippen molar-refractivity contribution in [3.63, 3.8) is 0 Å². The average Bonchev–Trinajstić information content (AvgIpc) is 2.75. The number of nitrogens with one attached hydrogen (secondary N) is 1. The maximum absolute atomic E-state index is 12.2. The summed E-state index contributed by atoms with van der Waals surface area (Å²) in [6.45, 7) is 2.00. The number of carboxylic acids is 1. The minimum Gasteiger partial charge on any atom is -0.480 e. The van der Waals surface area contributed by atoms with Gasteiger partial charge in [-0.3, -0.25) is 9.59 Å². The van der Waals surface area contributed by atoms with Crippen molar-refractivity contribution in [3.8, 4) is 0 Å². The van der Waals surface area contributed by atoms with Gasteiger partial charge < -0.3 is 20.1 Å². The van der Waals surface area contributed by atoms with Crippen molar-refractivity contribution in [2.75, 3.05) is 26.3 Å². The predicted octanol–water partition coefficient (Wildman–Crippen LogP) is 2.06. The first-order chi connectivity index (χ1) is 14.0. The second-order valence-corrected chi connectivity index (χ2v) is 6.87. The van der Waals surface area contributed by atoms with Crippen LogP contribution in [0.4, 0.5) is 0 Å². The lowest BCUT2D eigenvalue weighted by Crippen LogP contribution is -2.43. The monoisotopic (exact) mass is 396 g/mol. The zero-order chi connectivity index (χ0) is 20.6. The standard InChI is InChI=1S/C22H24N2O5/c25-20(9-6-16-5-7-17-3-1-2-4-18(17)15-16)23-19(22(27)28)8-10-21(26)24-11-13-29-14-12-24/h1-7,9,15,19H,8,10-14H2,(H,23,25)(H,27,28). The molecule has 1 aliphatic rings. The van der Waals surface area contributed by atoms with Crippen LogP contribution in [0.3, 0.4) is 0 Å². The van der Waals surface area contributed by atoms with Gasteiger partial charge in [0.25, 0.3) is 0 Å². The molecule has 0 aliphatic carbocycles. The van der Waals surface area contributed by atoms with Gasteiger partial charge in [-0.05, 0) is 34.9 Å². The largest absolute Gasteiger partial charge is 0.480 e. The molecular formula is C22H24N2O5. The van der Waals surface area contributed by atoms with Gasteiger partial charge in [-0.2, -0.15) is 0 Å².